The minimum Gasteiger partial charge on any atom is -0.480 e. The van der Waals surface area contributed by atoms with E-state index in [-0.39, 0.29) is 18.1 Å². The fraction of sp³-hybridized carbons (Fsp3) is 0.0769. The molecule has 0 aliphatic carbocycles. The lowest BCUT2D eigenvalue weighted by Gasteiger charge is -2.07. The smallest absolute Gasteiger partial charge is 0.358 e. The fourth-order valence-corrected chi connectivity index (χ4v) is 1.62. The highest BCUT2D eigenvalue weighted by Crippen LogP contribution is 2.33. The van der Waals surface area contributed by atoms with E-state index in [1.165, 1.54) is 6.07 Å². The molecule has 96 valence electrons. The first-order valence-electron chi connectivity index (χ1n) is 5.18. The molecule has 1 N–H and O–H groups in total. The van der Waals surface area contributed by atoms with Crippen LogP contribution in [0.1, 0.15) is 10.5 Å². The number of halogens is 1. The zero-order chi connectivity index (χ0) is 13.8. The van der Waals surface area contributed by atoms with Crippen LogP contribution in [0.2, 0.25) is 5.02 Å². The summed E-state index contributed by atoms with van der Waals surface area (Å²) in [4.78, 5) is 10.8. The van der Waals surface area contributed by atoms with Crippen LogP contribution in [0.15, 0.2) is 28.8 Å². The van der Waals surface area contributed by atoms with Gasteiger partial charge in [0.05, 0.1) is 5.56 Å². The first-order valence-corrected chi connectivity index (χ1v) is 5.56. The molecular weight excluding hydrogens is 270 g/mol. The van der Waals surface area contributed by atoms with Crippen molar-refractivity contribution in [2.24, 2.45) is 0 Å². The molecule has 19 heavy (non-hydrogen) atoms. The molecule has 5 nitrogen and oxygen atoms in total. The van der Waals surface area contributed by atoms with Crippen molar-refractivity contribution < 1.29 is 19.2 Å². The number of hydrogen-bond acceptors (Lipinski definition) is 4. The molecule has 1 heterocycles. The van der Waals surface area contributed by atoms with Crippen molar-refractivity contribution in [3.8, 4) is 29.4 Å². The highest BCUT2D eigenvalue weighted by Gasteiger charge is 2.16. The van der Waals surface area contributed by atoms with Crippen LogP contribution < -0.4 is 4.74 Å². The standard InChI is InChI=1S/C13H8ClNO4/c1-2-5-18-11-4-3-8(14)6-9(11)12-7-10(13(16)17)15-19-12/h1,3-4,6-7H,5H2,(H,16,17). The number of aromatic carboxylic acids is 1. The van der Waals surface area contributed by atoms with Crippen LogP contribution >= 0.6 is 11.6 Å². The largest absolute Gasteiger partial charge is 0.480 e. The minimum absolute atomic E-state index is 0.0779. The van der Waals surface area contributed by atoms with Crippen molar-refractivity contribution in [2.45, 2.75) is 0 Å². The summed E-state index contributed by atoms with van der Waals surface area (Å²) in [5.41, 5.74) is 0.292. The molecule has 0 bridgehead atoms. The molecule has 0 saturated carbocycles. The third kappa shape index (κ3) is 2.87. The third-order valence-electron chi connectivity index (χ3n) is 2.25. The molecule has 1 aromatic heterocycles. The second kappa shape index (κ2) is 5.46. The molecule has 0 unspecified atom stereocenters. The van der Waals surface area contributed by atoms with Crippen LogP contribution in [0.3, 0.4) is 0 Å². The molecule has 2 aromatic rings. The summed E-state index contributed by atoms with van der Waals surface area (Å²) in [7, 11) is 0. The molecular formula is C13H8ClNO4. The van der Waals surface area contributed by atoms with Crippen molar-refractivity contribution in [2.75, 3.05) is 6.61 Å². The molecule has 0 aliphatic rings. The molecule has 2 rings (SSSR count). The molecule has 6 heteroatoms. The number of hydrogen-bond donors (Lipinski definition) is 1. The monoisotopic (exact) mass is 277 g/mol. The van der Waals surface area contributed by atoms with Crippen LogP contribution in [0.5, 0.6) is 5.75 Å². The second-order valence-corrected chi connectivity index (χ2v) is 3.95. The van der Waals surface area contributed by atoms with E-state index in [2.05, 4.69) is 11.1 Å². The van der Waals surface area contributed by atoms with Gasteiger partial charge in [-0.15, -0.1) is 6.42 Å². The summed E-state index contributed by atoms with van der Waals surface area (Å²) in [5.74, 6) is 1.84. The number of terminal acetylenes is 1. The van der Waals surface area contributed by atoms with Gasteiger partial charge in [-0.25, -0.2) is 4.79 Å². The van der Waals surface area contributed by atoms with Gasteiger partial charge in [0.15, 0.2) is 11.5 Å². The maximum atomic E-state index is 10.8. The Kier molecular flexibility index (Phi) is 3.74. The number of ether oxygens (including phenoxy) is 1. The lowest BCUT2D eigenvalue weighted by molar-refractivity contribution is 0.0686. The fourth-order valence-electron chi connectivity index (χ4n) is 1.44. The van der Waals surface area contributed by atoms with E-state index in [1.54, 1.807) is 18.2 Å². The van der Waals surface area contributed by atoms with Crippen molar-refractivity contribution in [3.63, 3.8) is 0 Å². The van der Waals surface area contributed by atoms with E-state index in [0.717, 1.165) is 0 Å². The predicted octanol–water partition coefficient (Wildman–Crippen LogP) is 2.71. The zero-order valence-corrected chi connectivity index (χ0v) is 10.3. The van der Waals surface area contributed by atoms with E-state index < -0.39 is 5.97 Å². The highest BCUT2D eigenvalue weighted by atomic mass is 35.5. The van der Waals surface area contributed by atoms with Crippen LogP contribution in [-0.2, 0) is 0 Å². The van der Waals surface area contributed by atoms with Gasteiger partial charge in [0.2, 0.25) is 0 Å². The molecule has 0 saturated heterocycles. The molecule has 0 radical (unpaired) electrons. The predicted molar refractivity (Wildman–Crippen MR) is 68.2 cm³/mol. The van der Waals surface area contributed by atoms with Gasteiger partial charge in [-0.2, -0.15) is 0 Å². The summed E-state index contributed by atoms with van der Waals surface area (Å²) in [6.07, 6.45) is 5.12. The van der Waals surface area contributed by atoms with Crippen LogP contribution in [0.4, 0.5) is 0 Å². The topological polar surface area (TPSA) is 72.6 Å². The first kappa shape index (κ1) is 13.0. The first-order chi connectivity index (χ1) is 9.11. The van der Waals surface area contributed by atoms with E-state index in [0.29, 0.717) is 16.3 Å². The number of rotatable bonds is 4. The summed E-state index contributed by atoms with van der Waals surface area (Å²) in [6, 6.07) is 6.12. The minimum atomic E-state index is -1.18. The number of aromatic nitrogens is 1. The quantitative estimate of drug-likeness (QED) is 0.870. The van der Waals surface area contributed by atoms with Crippen LogP contribution in [-0.4, -0.2) is 22.8 Å². The third-order valence-corrected chi connectivity index (χ3v) is 2.48. The summed E-state index contributed by atoms with van der Waals surface area (Å²) < 4.78 is 10.3. The van der Waals surface area contributed by atoms with Gasteiger partial charge < -0.3 is 14.4 Å². The molecule has 0 amide bonds. The van der Waals surface area contributed by atoms with Gasteiger partial charge in [-0.05, 0) is 18.2 Å². The summed E-state index contributed by atoms with van der Waals surface area (Å²) in [5, 5.41) is 12.7. The van der Waals surface area contributed by atoms with E-state index >= 15 is 0 Å². The van der Waals surface area contributed by atoms with Crippen LogP contribution in [0, 0.1) is 12.3 Å². The molecule has 1 aromatic carbocycles. The Labute approximate surface area is 113 Å². The Morgan fingerprint density at radius 1 is 1.53 bits per heavy atom. The van der Waals surface area contributed by atoms with Gasteiger partial charge in [0.25, 0.3) is 0 Å². The number of nitrogens with zero attached hydrogens (tertiary/aromatic N) is 1. The lowest BCUT2D eigenvalue weighted by atomic mass is 10.1. The summed E-state index contributed by atoms with van der Waals surface area (Å²) >= 11 is 5.90. The molecule has 0 atom stereocenters. The van der Waals surface area contributed by atoms with Gasteiger partial charge >= 0.3 is 5.97 Å². The van der Waals surface area contributed by atoms with E-state index in [4.69, 9.17) is 32.4 Å². The maximum absolute atomic E-state index is 10.8. The number of benzene rings is 1. The lowest BCUT2D eigenvalue weighted by Crippen LogP contribution is -1.96. The summed E-state index contributed by atoms with van der Waals surface area (Å²) in [6.45, 7) is 0.0779. The number of carboxylic acid groups (broad SMARTS) is 1. The SMILES string of the molecule is C#CCOc1ccc(Cl)cc1-c1cc(C(=O)O)no1. The Balaban J connectivity index is 2.43. The molecule has 0 spiro atoms. The Morgan fingerprint density at radius 2 is 2.32 bits per heavy atom. The van der Waals surface area contributed by atoms with E-state index in [9.17, 15) is 4.79 Å². The Bertz CT molecular complexity index is 657. The average Bonchev–Trinajstić information content (AvgIpc) is 2.87. The number of carbonyl (C=O) groups is 1. The van der Waals surface area contributed by atoms with Crippen molar-refractivity contribution in [1.82, 2.24) is 5.16 Å². The second-order valence-electron chi connectivity index (χ2n) is 3.51. The van der Waals surface area contributed by atoms with E-state index in [1.807, 2.05) is 0 Å². The van der Waals surface area contributed by atoms with Gasteiger partial charge in [0, 0.05) is 11.1 Å². The molecule has 0 aliphatic heterocycles. The molecule has 0 fully saturated rings. The maximum Gasteiger partial charge on any atom is 0.358 e. The van der Waals surface area contributed by atoms with Crippen LogP contribution in [0.25, 0.3) is 11.3 Å². The average molecular weight is 278 g/mol. The van der Waals surface area contributed by atoms with Crippen molar-refractivity contribution in [1.29, 1.82) is 0 Å². The Morgan fingerprint density at radius 3 is 2.95 bits per heavy atom. The van der Waals surface area contributed by atoms with Gasteiger partial charge in [-0.3, -0.25) is 0 Å². The van der Waals surface area contributed by atoms with Crippen molar-refractivity contribution in [3.05, 3.63) is 35.0 Å². The normalized spacial score (nSPS) is 9.89. The zero-order valence-electron chi connectivity index (χ0n) is 9.59. The highest BCUT2D eigenvalue weighted by molar-refractivity contribution is 6.30. The van der Waals surface area contributed by atoms with Gasteiger partial charge in [0.1, 0.15) is 12.4 Å². The Hall–Kier alpha value is -2.45. The number of carboxylic acids is 1. The van der Waals surface area contributed by atoms with Gasteiger partial charge in [-0.1, -0.05) is 22.7 Å². The van der Waals surface area contributed by atoms with Crippen molar-refractivity contribution >= 4 is 17.6 Å².